The van der Waals surface area contributed by atoms with Crippen molar-refractivity contribution in [3.63, 3.8) is 0 Å². The van der Waals surface area contributed by atoms with Gasteiger partial charge in [-0.15, -0.1) is 0 Å². The summed E-state index contributed by atoms with van der Waals surface area (Å²) in [4.78, 5) is 15.7. The summed E-state index contributed by atoms with van der Waals surface area (Å²) in [5.74, 6) is -0.477. The zero-order valence-corrected chi connectivity index (χ0v) is 10.7. The van der Waals surface area contributed by atoms with Crippen LogP contribution in [0.25, 0.3) is 0 Å². The first-order chi connectivity index (χ1) is 8.15. The molecule has 0 amide bonds. The van der Waals surface area contributed by atoms with E-state index in [1.54, 1.807) is 25.1 Å². The molecule has 1 aromatic carbocycles. The maximum absolute atomic E-state index is 10.9. The second-order valence-electron chi connectivity index (χ2n) is 2.95. The van der Waals surface area contributed by atoms with Crippen molar-refractivity contribution in [1.29, 1.82) is 0 Å². The van der Waals surface area contributed by atoms with E-state index in [0.717, 1.165) is 0 Å². The van der Waals surface area contributed by atoms with Gasteiger partial charge in [0.1, 0.15) is 0 Å². The Morgan fingerprint density at radius 2 is 2.06 bits per heavy atom. The topological polar surface area (TPSA) is 47.9 Å². The Hall–Kier alpha value is -1.26. The summed E-state index contributed by atoms with van der Waals surface area (Å²) in [6.07, 6.45) is 1.35. The van der Waals surface area contributed by atoms with E-state index in [0.29, 0.717) is 22.2 Å². The van der Waals surface area contributed by atoms with E-state index < -0.39 is 5.97 Å². The van der Waals surface area contributed by atoms with Gasteiger partial charge in [0, 0.05) is 5.56 Å². The van der Waals surface area contributed by atoms with Crippen LogP contribution in [0.5, 0.6) is 0 Å². The summed E-state index contributed by atoms with van der Waals surface area (Å²) in [6.45, 7) is 1.78. The van der Waals surface area contributed by atoms with Crippen molar-refractivity contribution < 1.29 is 14.4 Å². The number of rotatable bonds is 5. The lowest BCUT2D eigenvalue weighted by Crippen LogP contribution is -2.10. The van der Waals surface area contributed by atoms with Crippen LogP contribution in [0, 0.1) is 0 Å². The summed E-state index contributed by atoms with van der Waals surface area (Å²) in [5.41, 5.74) is 0.541. The molecule has 0 atom stereocenters. The molecule has 0 saturated heterocycles. The van der Waals surface area contributed by atoms with Gasteiger partial charge in [-0.2, -0.15) is 0 Å². The standard InChI is InChI=1S/C11H11Cl2NO3/c1-2-16-11(15)7-17-14-6-8-9(12)4-3-5-10(8)13/h3-6H,2,7H2,1H3/b14-6-. The van der Waals surface area contributed by atoms with Gasteiger partial charge in [0.05, 0.1) is 22.9 Å². The Labute approximate surface area is 109 Å². The molecule has 92 valence electrons. The first-order valence-electron chi connectivity index (χ1n) is 4.90. The van der Waals surface area contributed by atoms with Crippen LogP contribution in [0.2, 0.25) is 10.0 Å². The quantitative estimate of drug-likeness (QED) is 0.472. The summed E-state index contributed by atoms with van der Waals surface area (Å²) < 4.78 is 4.65. The largest absolute Gasteiger partial charge is 0.463 e. The predicted molar refractivity (Wildman–Crippen MR) is 66.6 cm³/mol. The Morgan fingerprint density at radius 3 is 2.65 bits per heavy atom. The highest BCUT2D eigenvalue weighted by atomic mass is 35.5. The highest BCUT2D eigenvalue weighted by Gasteiger charge is 2.03. The number of carbonyl (C=O) groups excluding carboxylic acids is 1. The van der Waals surface area contributed by atoms with Crippen molar-refractivity contribution in [2.75, 3.05) is 13.2 Å². The van der Waals surface area contributed by atoms with Crippen molar-refractivity contribution >= 4 is 35.4 Å². The van der Waals surface area contributed by atoms with Gasteiger partial charge in [-0.1, -0.05) is 34.4 Å². The average molecular weight is 276 g/mol. The molecule has 0 aromatic heterocycles. The van der Waals surface area contributed by atoms with E-state index in [-0.39, 0.29) is 6.61 Å². The number of carbonyl (C=O) groups is 1. The van der Waals surface area contributed by atoms with Crippen molar-refractivity contribution in [2.24, 2.45) is 5.16 Å². The van der Waals surface area contributed by atoms with Gasteiger partial charge >= 0.3 is 5.97 Å². The molecule has 0 spiro atoms. The summed E-state index contributed by atoms with van der Waals surface area (Å²) in [7, 11) is 0. The molecule has 0 N–H and O–H groups in total. The number of ether oxygens (including phenoxy) is 1. The van der Waals surface area contributed by atoms with Crippen molar-refractivity contribution in [3.8, 4) is 0 Å². The summed E-state index contributed by atoms with van der Waals surface area (Å²) >= 11 is 11.8. The third-order valence-electron chi connectivity index (χ3n) is 1.74. The summed E-state index contributed by atoms with van der Waals surface area (Å²) in [6, 6.07) is 5.09. The number of halogens is 2. The number of esters is 1. The molecule has 0 radical (unpaired) electrons. The highest BCUT2D eigenvalue weighted by molar-refractivity contribution is 6.38. The number of hydrogen-bond donors (Lipinski definition) is 0. The molecule has 1 rings (SSSR count). The minimum atomic E-state index is -0.477. The number of hydrogen-bond acceptors (Lipinski definition) is 4. The smallest absolute Gasteiger partial charge is 0.347 e. The molecule has 0 aliphatic carbocycles. The van der Waals surface area contributed by atoms with Gasteiger partial charge in [0.15, 0.2) is 0 Å². The Morgan fingerprint density at radius 1 is 1.41 bits per heavy atom. The molecular formula is C11H11Cl2NO3. The van der Waals surface area contributed by atoms with Gasteiger partial charge in [-0.25, -0.2) is 4.79 Å². The van der Waals surface area contributed by atoms with Crippen LogP contribution < -0.4 is 0 Å². The Kier molecular flexibility index (Phi) is 5.80. The van der Waals surface area contributed by atoms with Crippen LogP contribution in [0.1, 0.15) is 12.5 Å². The lowest BCUT2D eigenvalue weighted by molar-refractivity contribution is -0.148. The van der Waals surface area contributed by atoms with Gasteiger partial charge in [0.2, 0.25) is 6.61 Å². The second-order valence-corrected chi connectivity index (χ2v) is 3.76. The molecule has 0 aliphatic rings. The lowest BCUT2D eigenvalue weighted by Gasteiger charge is -2.01. The molecule has 0 heterocycles. The fourth-order valence-electron chi connectivity index (χ4n) is 1.02. The molecule has 0 fully saturated rings. The molecule has 0 saturated carbocycles. The van der Waals surface area contributed by atoms with Crippen LogP contribution in [0.3, 0.4) is 0 Å². The van der Waals surface area contributed by atoms with Crippen molar-refractivity contribution in [2.45, 2.75) is 6.92 Å². The first-order valence-corrected chi connectivity index (χ1v) is 5.65. The van der Waals surface area contributed by atoms with Gasteiger partial charge in [-0.05, 0) is 19.1 Å². The molecule has 4 nitrogen and oxygen atoms in total. The third-order valence-corrected chi connectivity index (χ3v) is 2.40. The molecule has 6 heteroatoms. The zero-order valence-electron chi connectivity index (χ0n) is 9.15. The SMILES string of the molecule is CCOC(=O)CO/N=C\c1c(Cl)cccc1Cl. The number of nitrogens with zero attached hydrogens (tertiary/aromatic N) is 1. The Balaban J connectivity index is 2.51. The Bertz CT molecular complexity index is 401. The molecular weight excluding hydrogens is 265 g/mol. The number of oxime groups is 1. The van der Waals surface area contributed by atoms with Crippen LogP contribution in [0.15, 0.2) is 23.4 Å². The van der Waals surface area contributed by atoms with E-state index in [4.69, 9.17) is 28.0 Å². The van der Waals surface area contributed by atoms with Crippen LogP contribution in [-0.4, -0.2) is 25.4 Å². The van der Waals surface area contributed by atoms with Crippen molar-refractivity contribution in [1.82, 2.24) is 0 Å². The third kappa shape index (κ3) is 4.63. The maximum atomic E-state index is 10.9. The van der Waals surface area contributed by atoms with E-state index in [2.05, 4.69) is 9.89 Å². The van der Waals surface area contributed by atoms with Crippen LogP contribution in [0.4, 0.5) is 0 Å². The van der Waals surface area contributed by atoms with Crippen LogP contribution in [-0.2, 0) is 14.4 Å². The van der Waals surface area contributed by atoms with Crippen LogP contribution >= 0.6 is 23.2 Å². The first kappa shape index (κ1) is 13.8. The predicted octanol–water partition coefficient (Wildman–Crippen LogP) is 2.91. The molecule has 0 bridgehead atoms. The summed E-state index contributed by atoms with van der Waals surface area (Å²) in [5, 5.41) is 4.51. The minimum absolute atomic E-state index is 0.244. The monoisotopic (exact) mass is 275 g/mol. The van der Waals surface area contributed by atoms with Gasteiger partial charge in [-0.3, -0.25) is 0 Å². The normalized spacial score (nSPS) is 10.5. The number of benzene rings is 1. The molecule has 0 aliphatic heterocycles. The fourth-order valence-corrected chi connectivity index (χ4v) is 1.51. The molecule has 0 unspecified atom stereocenters. The minimum Gasteiger partial charge on any atom is -0.463 e. The second kappa shape index (κ2) is 7.14. The highest BCUT2D eigenvalue weighted by Crippen LogP contribution is 2.22. The van der Waals surface area contributed by atoms with Crippen molar-refractivity contribution in [3.05, 3.63) is 33.8 Å². The fraction of sp³-hybridized carbons (Fsp3) is 0.273. The lowest BCUT2D eigenvalue weighted by atomic mass is 10.2. The van der Waals surface area contributed by atoms with E-state index in [1.807, 2.05) is 0 Å². The van der Waals surface area contributed by atoms with E-state index >= 15 is 0 Å². The molecule has 1 aromatic rings. The molecule has 17 heavy (non-hydrogen) atoms. The van der Waals surface area contributed by atoms with Gasteiger partial charge < -0.3 is 9.57 Å². The maximum Gasteiger partial charge on any atom is 0.347 e. The zero-order chi connectivity index (χ0) is 12.7. The van der Waals surface area contributed by atoms with E-state index in [9.17, 15) is 4.79 Å². The average Bonchev–Trinajstić information content (AvgIpc) is 2.28. The van der Waals surface area contributed by atoms with E-state index in [1.165, 1.54) is 6.21 Å². The van der Waals surface area contributed by atoms with Gasteiger partial charge in [0.25, 0.3) is 0 Å².